The van der Waals surface area contributed by atoms with E-state index < -0.39 is 0 Å². The standard InChI is InChI=1S/C23H19NO2/c25-14-16-10-11-24-23(12-16)22-9-8-18(13-19(22)15-26)21-7-3-5-17-4-1-2-6-20(17)21/h1-13,25-26H,14-15H2. The maximum atomic E-state index is 9.91. The zero-order chi connectivity index (χ0) is 17.9. The van der Waals surface area contributed by atoms with Crippen LogP contribution < -0.4 is 0 Å². The second kappa shape index (κ2) is 7.08. The van der Waals surface area contributed by atoms with Crippen molar-refractivity contribution in [2.24, 2.45) is 0 Å². The predicted molar refractivity (Wildman–Crippen MR) is 104 cm³/mol. The monoisotopic (exact) mass is 341 g/mol. The van der Waals surface area contributed by atoms with E-state index >= 15 is 0 Å². The van der Waals surface area contributed by atoms with Crippen molar-refractivity contribution in [3.63, 3.8) is 0 Å². The van der Waals surface area contributed by atoms with Gasteiger partial charge in [-0.25, -0.2) is 0 Å². The number of hydrogen-bond donors (Lipinski definition) is 2. The lowest BCUT2D eigenvalue weighted by atomic mass is 9.94. The molecule has 128 valence electrons. The molecule has 26 heavy (non-hydrogen) atoms. The first kappa shape index (κ1) is 16.5. The van der Waals surface area contributed by atoms with E-state index in [2.05, 4.69) is 41.4 Å². The first-order chi connectivity index (χ1) is 12.8. The Bertz CT molecular complexity index is 1070. The maximum Gasteiger partial charge on any atom is 0.0709 e. The van der Waals surface area contributed by atoms with Crippen molar-refractivity contribution >= 4 is 10.8 Å². The number of aromatic nitrogens is 1. The molecule has 0 aliphatic carbocycles. The van der Waals surface area contributed by atoms with E-state index in [0.29, 0.717) is 0 Å². The van der Waals surface area contributed by atoms with Crippen LogP contribution in [0.5, 0.6) is 0 Å². The van der Waals surface area contributed by atoms with E-state index in [1.165, 1.54) is 10.8 Å². The molecule has 0 saturated carbocycles. The maximum absolute atomic E-state index is 9.91. The molecule has 4 rings (SSSR count). The van der Waals surface area contributed by atoms with Crippen molar-refractivity contribution in [1.82, 2.24) is 4.98 Å². The molecular weight excluding hydrogens is 322 g/mol. The summed E-state index contributed by atoms with van der Waals surface area (Å²) in [7, 11) is 0. The molecule has 0 aliphatic rings. The summed E-state index contributed by atoms with van der Waals surface area (Å²) in [6, 6.07) is 24.3. The molecule has 0 unspecified atom stereocenters. The van der Waals surface area contributed by atoms with Crippen molar-refractivity contribution in [2.75, 3.05) is 0 Å². The Kier molecular flexibility index (Phi) is 4.48. The van der Waals surface area contributed by atoms with Gasteiger partial charge in [-0.2, -0.15) is 0 Å². The summed E-state index contributed by atoms with van der Waals surface area (Å²) >= 11 is 0. The number of hydrogen-bond acceptors (Lipinski definition) is 3. The molecule has 1 heterocycles. The number of aliphatic hydroxyl groups is 2. The molecule has 0 amide bonds. The largest absolute Gasteiger partial charge is 0.392 e. The van der Waals surface area contributed by atoms with Crippen molar-refractivity contribution in [1.29, 1.82) is 0 Å². The van der Waals surface area contributed by atoms with Crippen LogP contribution in [0, 0.1) is 0 Å². The molecule has 0 aliphatic heterocycles. The van der Waals surface area contributed by atoms with Crippen LogP contribution >= 0.6 is 0 Å². The third kappa shape index (κ3) is 2.99. The van der Waals surface area contributed by atoms with Gasteiger partial charge in [0.1, 0.15) is 0 Å². The Morgan fingerprint density at radius 3 is 2.42 bits per heavy atom. The Labute approximate surface area is 152 Å². The molecule has 0 atom stereocenters. The lowest BCUT2D eigenvalue weighted by Gasteiger charge is -2.12. The second-order valence-electron chi connectivity index (χ2n) is 6.26. The Hall–Kier alpha value is -3.01. The minimum atomic E-state index is -0.0705. The highest BCUT2D eigenvalue weighted by molar-refractivity contribution is 5.97. The first-order valence-corrected chi connectivity index (χ1v) is 8.58. The quantitative estimate of drug-likeness (QED) is 0.572. The second-order valence-corrected chi connectivity index (χ2v) is 6.26. The molecule has 3 heteroatoms. The minimum absolute atomic E-state index is 0.0297. The van der Waals surface area contributed by atoms with Gasteiger partial charge in [-0.05, 0) is 51.2 Å². The highest BCUT2D eigenvalue weighted by Gasteiger charge is 2.10. The molecule has 0 saturated heterocycles. The predicted octanol–water partition coefficient (Wildman–Crippen LogP) is 4.55. The van der Waals surface area contributed by atoms with E-state index in [9.17, 15) is 10.2 Å². The van der Waals surface area contributed by atoms with Gasteiger partial charge in [-0.3, -0.25) is 4.98 Å². The number of fused-ring (bicyclic) bond motifs is 1. The topological polar surface area (TPSA) is 53.4 Å². The molecular formula is C23H19NO2. The number of benzene rings is 3. The smallest absolute Gasteiger partial charge is 0.0709 e. The zero-order valence-electron chi connectivity index (χ0n) is 14.3. The molecule has 4 aromatic rings. The van der Waals surface area contributed by atoms with Crippen molar-refractivity contribution in [3.8, 4) is 22.4 Å². The summed E-state index contributed by atoms with van der Waals surface area (Å²) in [6.45, 7) is -0.100. The Morgan fingerprint density at radius 1 is 0.731 bits per heavy atom. The van der Waals surface area contributed by atoms with Crippen LogP contribution in [-0.4, -0.2) is 15.2 Å². The Balaban J connectivity index is 1.85. The van der Waals surface area contributed by atoms with Crippen LogP contribution in [0.4, 0.5) is 0 Å². The average Bonchev–Trinajstić information content (AvgIpc) is 2.73. The lowest BCUT2D eigenvalue weighted by Crippen LogP contribution is -1.95. The first-order valence-electron chi connectivity index (χ1n) is 8.58. The van der Waals surface area contributed by atoms with E-state index in [1.807, 2.05) is 30.3 Å². The van der Waals surface area contributed by atoms with Gasteiger partial charge in [-0.15, -0.1) is 0 Å². The lowest BCUT2D eigenvalue weighted by molar-refractivity contribution is 0.281. The normalized spacial score (nSPS) is 11.0. The molecule has 2 N–H and O–H groups in total. The van der Waals surface area contributed by atoms with Crippen LogP contribution in [0.3, 0.4) is 0 Å². The van der Waals surface area contributed by atoms with Gasteiger partial charge >= 0.3 is 0 Å². The highest BCUT2D eigenvalue weighted by atomic mass is 16.3. The number of rotatable bonds is 4. The molecule has 0 radical (unpaired) electrons. The van der Waals surface area contributed by atoms with Crippen LogP contribution in [0.1, 0.15) is 11.1 Å². The van der Waals surface area contributed by atoms with Gasteiger partial charge < -0.3 is 10.2 Å². The van der Waals surface area contributed by atoms with E-state index in [-0.39, 0.29) is 13.2 Å². The van der Waals surface area contributed by atoms with E-state index in [0.717, 1.165) is 33.5 Å². The minimum Gasteiger partial charge on any atom is -0.392 e. The van der Waals surface area contributed by atoms with Crippen LogP contribution in [0.15, 0.2) is 79.0 Å². The summed E-state index contributed by atoms with van der Waals surface area (Å²) in [6.07, 6.45) is 1.68. The third-order valence-corrected chi connectivity index (χ3v) is 4.66. The summed E-state index contributed by atoms with van der Waals surface area (Å²) in [4.78, 5) is 4.40. The fraction of sp³-hybridized carbons (Fsp3) is 0.0870. The van der Waals surface area contributed by atoms with Gasteiger partial charge in [0, 0.05) is 11.8 Å². The summed E-state index contributed by atoms with van der Waals surface area (Å²) in [5, 5.41) is 21.6. The van der Waals surface area contributed by atoms with Gasteiger partial charge in [0.05, 0.1) is 18.9 Å². The summed E-state index contributed by atoms with van der Waals surface area (Å²) in [5.74, 6) is 0. The molecule has 0 fully saturated rings. The molecule has 0 spiro atoms. The van der Waals surface area contributed by atoms with Crippen LogP contribution in [0.25, 0.3) is 33.2 Å². The average molecular weight is 341 g/mol. The number of pyridine rings is 1. The van der Waals surface area contributed by atoms with Gasteiger partial charge in [0.15, 0.2) is 0 Å². The van der Waals surface area contributed by atoms with Crippen molar-refractivity contribution < 1.29 is 10.2 Å². The van der Waals surface area contributed by atoms with E-state index in [4.69, 9.17) is 0 Å². The van der Waals surface area contributed by atoms with Crippen LogP contribution in [-0.2, 0) is 13.2 Å². The molecule has 3 nitrogen and oxygen atoms in total. The Morgan fingerprint density at radius 2 is 1.58 bits per heavy atom. The summed E-state index contributed by atoms with van der Waals surface area (Å²) < 4.78 is 0. The van der Waals surface area contributed by atoms with Crippen LogP contribution in [0.2, 0.25) is 0 Å². The number of aliphatic hydroxyl groups excluding tert-OH is 2. The van der Waals surface area contributed by atoms with Gasteiger partial charge in [-0.1, -0.05) is 54.6 Å². The molecule has 1 aromatic heterocycles. The zero-order valence-corrected chi connectivity index (χ0v) is 14.3. The summed E-state index contributed by atoms with van der Waals surface area (Å²) in [5.41, 5.74) is 5.46. The number of nitrogens with zero attached hydrogens (tertiary/aromatic N) is 1. The SMILES string of the molecule is OCc1ccnc(-c2ccc(-c3cccc4ccccc34)cc2CO)c1. The fourth-order valence-electron chi connectivity index (χ4n) is 3.34. The molecule has 0 bridgehead atoms. The van der Waals surface area contributed by atoms with Gasteiger partial charge in [0.2, 0.25) is 0 Å². The highest BCUT2D eigenvalue weighted by Crippen LogP contribution is 2.32. The van der Waals surface area contributed by atoms with Gasteiger partial charge in [0.25, 0.3) is 0 Å². The van der Waals surface area contributed by atoms with E-state index in [1.54, 1.807) is 12.3 Å². The fourth-order valence-corrected chi connectivity index (χ4v) is 3.34. The van der Waals surface area contributed by atoms with Crippen molar-refractivity contribution in [3.05, 3.63) is 90.1 Å². The van der Waals surface area contributed by atoms with Crippen molar-refractivity contribution in [2.45, 2.75) is 13.2 Å². The third-order valence-electron chi connectivity index (χ3n) is 4.66. The molecule has 3 aromatic carbocycles.